The summed E-state index contributed by atoms with van der Waals surface area (Å²) in [5.74, 6) is 0.584. The molecular weight excluding hydrogens is 354 g/mol. The second-order valence-electron chi connectivity index (χ2n) is 6.24. The van der Waals surface area contributed by atoms with Gasteiger partial charge in [-0.05, 0) is 31.0 Å². The number of nitrogens with zero attached hydrogens (tertiary/aromatic N) is 5. The van der Waals surface area contributed by atoms with E-state index in [4.69, 9.17) is 21.3 Å². The molecule has 0 saturated carbocycles. The largest absolute Gasteiger partial charge is 0.381 e. The number of nitrogens with one attached hydrogen (secondary N) is 2. The third-order valence-corrected chi connectivity index (χ3v) is 4.79. The summed E-state index contributed by atoms with van der Waals surface area (Å²) in [4.78, 5) is 16.7. The van der Waals surface area contributed by atoms with E-state index in [1.165, 1.54) is 0 Å². The number of fused-ring (bicyclic) bond motifs is 2. The van der Waals surface area contributed by atoms with Crippen LogP contribution in [-0.2, 0) is 4.74 Å². The minimum atomic E-state index is 0.308. The Hall–Kier alpha value is -2.71. The van der Waals surface area contributed by atoms with Crippen molar-refractivity contribution in [1.29, 1.82) is 0 Å². The summed E-state index contributed by atoms with van der Waals surface area (Å²) < 4.78 is 7.01. The molecule has 0 bridgehead atoms. The molecule has 0 radical (unpaired) electrons. The first-order chi connectivity index (χ1) is 12.8. The van der Waals surface area contributed by atoms with Crippen LogP contribution < -0.4 is 5.32 Å². The van der Waals surface area contributed by atoms with E-state index in [-0.39, 0.29) is 0 Å². The number of anilines is 1. The molecule has 132 valence electrons. The third-order valence-electron chi connectivity index (χ3n) is 4.53. The van der Waals surface area contributed by atoms with Gasteiger partial charge in [0.25, 0.3) is 0 Å². The van der Waals surface area contributed by atoms with Crippen molar-refractivity contribution in [2.45, 2.75) is 18.9 Å². The van der Waals surface area contributed by atoms with Crippen molar-refractivity contribution in [2.24, 2.45) is 0 Å². The Morgan fingerprint density at radius 2 is 2.08 bits per heavy atom. The van der Waals surface area contributed by atoms with Gasteiger partial charge < -0.3 is 15.0 Å². The highest BCUT2D eigenvalue weighted by Gasteiger charge is 2.18. The van der Waals surface area contributed by atoms with Crippen molar-refractivity contribution in [3.8, 4) is 11.4 Å². The molecule has 1 fully saturated rings. The lowest BCUT2D eigenvalue weighted by Crippen LogP contribution is -2.28. The van der Waals surface area contributed by atoms with Crippen molar-refractivity contribution < 1.29 is 4.74 Å². The summed E-state index contributed by atoms with van der Waals surface area (Å²) in [6, 6.07) is 6.03. The lowest BCUT2D eigenvalue weighted by atomic mass is 10.1. The second-order valence-corrected chi connectivity index (χ2v) is 6.62. The van der Waals surface area contributed by atoms with Crippen LogP contribution in [0.4, 0.5) is 5.95 Å². The average molecular weight is 370 g/mol. The van der Waals surface area contributed by atoms with Crippen molar-refractivity contribution in [1.82, 2.24) is 29.5 Å². The zero-order chi connectivity index (χ0) is 17.5. The van der Waals surface area contributed by atoms with Gasteiger partial charge in [-0.3, -0.25) is 0 Å². The lowest BCUT2D eigenvalue weighted by molar-refractivity contribution is 0.0903. The maximum atomic E-state index is 6.16. The Labute approximate surface area is 153 Å². The zero-order valence-electron chi connectivity index (χ0n) is 13.8. The molecule has 0 atom stereocenters. The first-order valence-corrected chi connectivity index (χ1v) is 8.86. The van der Waals surface area contributed by atoms with Gasteiger partial charge in [-0.25, -0.2) is 14.5 Å². The number of halogens is 1. The van der Waals surface area contributed by atoms with Gasteiger partial charge in [0.15, 0.2) is 10.8 Å². The molecule has 1 aliphatic rings. The van der Waals surface area contributed by atoms with E-state index in [2.05, 4.69) is 25.4 Å². The molecule has 5 heterocycles. The number of hydrogen-bond acceptors (Lipinski definition) is 6. The number of H-pyrrole nitrogens is 1. The van der Waals surface area contributed by atoms with Crippen LogP contribution in [0.5, 0.6) is 0 Å². The van der Waals surface area contributed by atoms with Gasteiger partial charge in [-0.2, -0.15) is 10.1 Å². The molecule has 4 aromatic heterocycles. The van der Waals surface area contributed by atoms with Crippen molar-refractivity contribution in [2.75, 3.05) is 18.5 Å². The SMILES string of the molecule is Clc1cnc2ccc(-c3nc(NC4CCOCC4)nc4[nH]ccc34)nn12. The van der Waals surface area contributed by atoms with E-state index in [0.29, 0.717) is 28.5 Å². The number of rotatable bonds is 3. The Kier molecular flexibility index (Phi) is 3.72. The van der Waals surface area contributed by atoms with E-state index in [0.717, 1.165) is 42.8 Å². The van der Waals surface area contributed by atoms with Crippen molar-refractivity contribution >= 4 is 34.2 Å². The fraction of sp³-hybridized carbons (Fsp3) is 0.294. The summed E-state index contributed by atoms with van der Waals surface area (Å²) >= 11 is 6.16. The van der Waals surface area contributed by atoms with Gasteiger partial charge in [0.1, 0.15) is 17.0 Å². The van der Waals surface area contributed by atoms with Crippen molar-refractivity contribution in [3.05, 3.63) is 35.7 Å². The van der Waals surface area contributed by atoms with Crippen LogP contribution in [-0.4, -0.2) is 48.8 Å². The fourth-order valence-corrected chi connectivity index (χ4v) is 3.37. The van der Waals surface area contributed by atoms with E-state index in [1.807, 2.05) is 24.4 Å². The quantitative estimate of drug-likeness (QED) is 0.576. The minimum Gasteiger partial charge on any atom is -0.381 e. The highest BCUT2D eigenvalue weighted by molar-refractivity contribution is 6.29. The molecule has 5 rings (SSSR count). The fourth-order valence-electron chi connectivity index (χ4n) is 3.20. The van der Waals surface area contributed by atoms with E-state index in [9.17, 15) is 0 Å². The summed E-state index contributed by atoms with van der Waals surface area (Å²) in [5.41, 5.74) is 2.92. The van der Waals surface area contributed by atoms with Gasteiger partial charge >= 0.3 is 0 Å². The predicted molar refractivity (Wildman–Crippen MR) is 98.3 cm³/mol. The highest BCUT2D eigenvalue weighted by atomic mass is 35.5. The number of ether oxygens (including phenoxy) is 1. The van der Waals surface area contributed by atoms with Gasteiger partial charge in [-0.1, -0.05) is 11.6 Å². The number of aromatic nitrogens is 6. The molecule has 0 unspecified atom stereocenters. The second kappa shape index (κ2) is 6.22. The molecule has 2 N–H and O–H groups in total. The van der Waals surface area contributed by atoms with Crippen LogP contribution in [0.1, 0.15) is 12.8 Å². The summed E-state index contributed by atoms with van der Waals surface area (Å²) in [6.07, 6.45) is 5.31. The van der Waals surface area contributed by atoms with E-state index in [1.54, 1.807) is 10.7 Å². The van der Waals surface area contributed by atoms with Crippen LogP contribution >= 0.6 is 11.6 Å². The van der Waals surface area contributed by atoms with Gasteiger partial charge in [0, 0.05) is 30.8 Å². The standard InChI is InChI=1S/C17H16ClN7O/c18-13-9-20-14-2-1-12(24-25(13)14)15-11-3-6-19-16(11)23-17(22-15)21-10-4-7-26-8-5-10/h1-3,6,9-10H,4-5,7-8H2,(H2,19,21,22,23). The van der Waals surface area contributed by atoms with Crippen molar-refractivity contribution in [3.63, 3.8) is 0 Å². The molecule has 4 aromatic rings. The molecule has 9 heteroatoms. The highest BCUT2D eigenvalue weighted by Crippen LogP contribution is 2.27. The van der Waals surface area contributed by atoms with Gasteiger partial charge in [0.2, 0.25) is 5.95 Å². The molecule has 0 aromatic carbocycles. The number of hydrogen-bond donors (Lipinski definition) is 2. The molecule has 0 spiro atoms. The summed E-state index contributed by atoms with van der Waals surface area (Å²) in [7, 11) is 0. The lowest BCUT2D eigenvalue weighted by Gasteiger charge is -2.23. The number of aromatic amines is 1. The first kappa shape index (κ1) is 15.5. The molecule has 0 aliphatic carbocycles. The topological polar surface area (TPSA) is 93.0 Å². The van der Waals surface area contributed by atoms with E-state index < -0.39 is 0 Å². The zero-order valence-corrected chi connectivity index (χ0v) is 14.6. The Morgan fingerprint density at radius 1 is 1.19 bits per heavy atom. The normalized spacial score (nSPS) is 15.7. The van der Waals surface area contributed by atoms with Crippen LogP contribution in [0.25, 0.3) is 28.1 Å². The maximum Gasteiger partial charge on any atom is 0.225 e. The minimum absolute atomic E-state index is 0.308. The Morgan fingerprint density at radius 3 is 2.96 bits per heavy atom. The average Bonchev–Trinajstić information content (AvgIpc) is 3.28. The maximum absolute atomic E-state index is 6.16. The third kappa shape index (κ3) is 2.67. The first-order valence-electron chi connectivity index (χ1n) is 8.48. The number of imidazole rings is 1. The molecular formula is C17H16ClN7O. The molecule has 0 amide bonds. The Balaban J connectivity index is 1.60. The smallest absolute Gasteiger partial charge is 0.225 e. The van der Waals surface area contributed by atoms with Crippen LogP contribution in [0.2, 0.25) is 5.15 Å². The summed E-state index contributed by atoms with van der Waals surface area (Å²) in [5, 5.41) is 9.38. The summed E-state index contributed by atoms with van der Waals surface area (Å²) in [6.45, 7) is 1.51. The molecule has 26 heavy (non-hydrogen) atoms. The predicted octanol–water partition coefficient (Wildman–Crippen LogP) is 2.91. The van der Waals surface area contributed by atoms with Gasteiger partial charge in [-0.15, -0.1) is 0 Å². The Bertz CT molecular complexity index is 1080. The van der Waals surface area contributed by atoms with Crippen LogP contribution in [0.3, 0.4) is 0 Å². The van der Waals surface area contributed by atoms with Crippen LogP contribution in [0, 0.1) is 0 Å². The molecule has 8 nitrogen and oxygen atoms in total. The monoisotopic (exact) mass is 369 g/mol. The van der Waals surface area contributed by atoms with E-state index >= 15 is 0 Å². The van der Waals surface area contributed by atoms with Gasteiger partial charge in [0.05, 0.1) is 6.20 Å². The molecule has 1 aliphatic heterocycles. The molecule has 1 saturated heterocycles. The van der Waals surface area contributed by atoms with Crippen LogP contribution in [0.15, 0.2) is 30.6 Å².